The Hall–Kier alpha value is -3.22. The molecule has 0 aliphatic rings. The summed E-state index contributed by atoms with van der Waals surface area (Å²) in [5.41, 5.74) is 1.20. The van der Waals surface area contributed by atoms with Crippen LogP contribution in [0.3, 0.4) is 0 Å². The molecule has 0 atom stereocenters. The molecule has 2 rings (SSSR count). The van der Waals surface area contributed by atoms with E-state index in [2.05, 4.69) is 10.1 Å². The standard InChI is InChI=1S/C18H16FNO5/c1-11-3-8-14(9-15(11)19)20-16(21)10-25-18(23)13-6-4-12(5-7-13)17(22)24-2/h3-9H,10H2,1-2H3,(H,20,21). The molecule has 1 amide bonds. The van der Waals surface area contributed by atoms with Crippen LogP contribution in [0.5, 0.6) is 0 Å². The van der Waals surface area contributed by atoms with Gasteiger partial charge in [0.05, 0.1) is 18.2 Å². The van der Waals surface area contributed by atoms with E-state index in [9.17, 15) is 18.8 Å². The van der Waals surface area contributed by atoms with E-state index in [1.807, 2.05) is 0 Å². The van der Waals surface area contributed by atoms with E-state index in [4.69, 9.17) is 4.74 Å². The molecule has 0 spiro atoms. The van der Waals surface area contributed by atoms with Gasteiger partial charge in [0.15, 0.2) is 6.61 Å². The smallest absolute Gasteiger partial charge is 0.338 e. The van der Waals surface area contributed by atoms with Crippen LogP contribution in [0, 0.1) is 12.7 Å². The maximum Gasteiger partial charge on any atom is 0.338 e. The van der Waals surface area contributed by atoms with E-state index in [1.54, 1.807) is 13.0 Å². The largest absolute Gasteiger partial charge is 0.465 e. The third-order valence-electron chi connectivity index (χ3n) is 3.33. The molecule has 130 valence electrons. The van der Waals surface area contributed by atoms with Crippen molar-refractivity contribution in [3.05, 3.63) is 65.0 Å². The van der Waals surface area contributed by atoms with E-state index in [0.29, 0.717) is 5.56 Å². The summed E-state index contributed by atoms with van der Waals surface area (Å²) in [7, 11) is 1.25. The van der Waals surface area contributed by atoms with Gasteiger partial charge in [0, 0.05) is 5.69 Å². The number of nitrogens with one attached hydrogen (secondary N) is 1. The molecule has 2 aromatic rings. The molecule has 6 nitrogen and oxygen atoms in total. The number of hydrogen-bond donors (Lipinski definition) is 1. The van der Waals surface area contributed by atoms with Crippen LogP contribution in [0.1, 0.15) is 26.3 Å². The highest BCUT2D eigenvalue weighted by atomic mass is 19.1. The zero-order valence-corrected chi connectivity index (χ0v) is 13.7. The Morgan fingerprint density at radius 1 is 1.00 bits per heavy atom. The molecule has 7 heteroatoms. The first kappa shape index (κ1) is 18.1. The SMILES string of the molecule is COC(=O)c1ccc(C(=O)OCC(=O)Nc2ccc(C)c(F)c2)cc1. The number of hydrogen-bond acceptors (Lipinski definition) is 5. The molecule has 0 saturated heterocycles. The Morgan fingerprint density at radius 2 is 1.60 bits per heavy atom. The number of anilines is 1. The Kier molecular flexibility index (Phi) is 5.84. The summed E-state index contributed by atoms with van der Waals surface area (Å²) in [5.74, 6) is -2.28. The van der Waals surface area contributed by atoms with Crippen LogP contribution in [-0.2, 0) is 14.3 Å². The van der Waals surface area contributed by atoms with E-state index in [-0.39, 0.29) is 16.8 Å². The molecule has 2 aromatic carbocycles. The van der Waals surface area contributed by atoms with Crippen LogP contribution < -0.4 is 5.32 Å². The van der Waals surface area contributed by atoms with Crippen LogP contribution >= 0.6 is 0 Å². The van der Waals surface area contributed by atoms with Crippen molar-refractivity contribution < 1.29 is 28.2 Å². The molecular formula is C18H16FNO5. The predicted octanol–water partition coefficient (Wildman–Crippen LogP) is 2.72. The molecule has 0 radical (unpaired) electrons. The number of esters is 2. The number of amides is 1. The van der Waals surface area contributed by atoms with Crippen molar-refractivity contribution in [3.8, 4) is 0 Å². The van der Waals surface area contributed by atoms with Gasteiger partial charge in [0.1, 0.15) is 5.82 Å². The Balaban J connectivity index is 1.89. The van der Waals surface area contributed by atoms with Gasteiger partial charge in [0.25, 0.3) is 5.91 Å². The quantitative estimate of drug-likeness (QED) is 0.843. The topological polar surface area (TPSA) is 81.7 Å². The van der Waals surface area contributed by atoms with E-state index in [1.165, 1.54) is 43.5 Å². The monoisotopic (exact) mass is 345 g/mol. The maximum atomic E-state index is 13.4. The fourth-order valence-corrected chi connectivity index (χ4v) is 1.94. The van der Waals surface area contributed by atoms with Gasteiger partial charge in [-0.3, -0.25) is 4.79 Å². The van der Waals surface area contributed by atoms with Gasteiger partial charge in [-0.2, -0.15) is 0 Å². The summed E-state index contributed by atoms with van der Waals surface area (Å²) in [6, 6.07) is 9.86. The van der Waals surface area contributed by atoms with Crippen molar-refractivity contribution in [1.82, 2.24) is 0 Å². The second kappa shape index (κ2) is 8.05. The van der Waals surface area contributed by atoms with Crippen molar-refractivity contribution in [1.29, 1.82) is 0 Å². The molecular weight excluding hydrogens is 329 g/mol. The third-order valence-corrected chi connectivity index (χ3v) is 3.33. The molecule has 25 heavy (non-hydrogen) atoms. The summed E-state index contributed by atoms with van der Waals surface area (Å²) in [6.07, 6.45) is 0. The van der Waals surface area contributed by atoms with Crippen LogP contribution in [0.15, 0.2) is 42.5 Å². The number of ether oxygens (including phenoxy) is 2. The zero-order chi connectivity index (χ0) is 18.4. The van der Waals surface area contributed by atoms with Gasteiger partial charge in [-0.15, -0.1) is 0 Å². The molecule has 0 unspecified atom stereocenters. The number of rotatable bonds is 5. The minimum absolute atomic E-state index is 0.182. The summed E-state index contributed by atoms with van der Waals surface area (Å²) in [5, 5.41) is 2.43. The average Bonchev–Trinajstić information content (AvgIpc) is 2.62. The molecule has 1 N–H and O–H groups in total. The number of methoxy groups -OCH3 is 1. The lowest BCUT2D eigenvalue weighted by molar-refractivity contribution is -0.119. The normalized spacial score (nSPS) is 10.0. The highest BCUT2D eigenvalue weighted by Gasteiger charge is 2.12. The van der Waals surface area contributed by atoms with Gasteiger partial charge < -0.3 is 14.8 Å². The van der Waals surface area contributed by atoms with E-state index in [0.717, 1.165) is 0 Å². The lowest BCUT2D eigenvalue weighted by atomic mass is 10.1. The lowest BCUT2D eigenvalue weighted by Gasteiger charge is -2.08. The maximum absolute atomic E-state index is 13.4. The lowest BCUT2D eigenvalue weighted by Crippen LogP contribution is -2.21. The number of aryl methyl sites for hydroxylation is 1. The Morgan fingerprint density at radius 3 is 2.16 bits per heavy atom. The van der Waals surface area contributed by atoms with Gasteiger partial charge in [-0.25, -0.2) is 14.0 Å². The van der Waals surface area contributed by atoms with Crippen LogP contribution in [0.4, 0.5) is 10.1 Å². The summed E-state index contributed by atoms with van der Waals surface area (Å²) in [6.45, 7) is 1.08. The second-order valence-corrected chi connectivity index (χ2v) is 5.16. The molecule has 0 fully saturated rings. The predicted molar refractivity (Wildman–Crippen MR) is 87.8 cm³/mol. The van der Waals surface area contributed by atoms with Crippen molar-refractivity contribution >= 4 is 23.5 Å². The van der Waals surface area contributed by atoms with Crippen molar-refractivity contribution in [2.24, 2.45) is 0 Å². The molecule has 0 bridgehead atoms. The van der Waals surface area contributed by atoms with Crippen LogP contribution in [0.25, 0.3) is 0 Å². The van der Waals surface area contributed by atoms with E-state index < -0.39 is 30.3 Å². The number of benzene rings is 2. The first-order valence-corrected chi connectivity index (χ1v) is 7.32. The molecule has 0 aromatic heterocycles. The van der Waals surface area contributed by atoms with Gasteiger partial charge in [-0.05, 0) is 48.9 Å². The Labute approximate surface area is 143 Å². The fraction of sp³-hybridized carbons (Fsp3) is 0.167. The summed E-state index contributed by atoms with van der Waals surface area (Å²) < 4.78 is 22.8. The minimum Gasteiger partial charge on any atom is -0.465 e. The second-order valence-electron chi connectivity index (χ2n) is 5.16. The fourth-order valence-electron chi connectivity index (χ4n) is 1.94. The highest BCUT2D eigenvalue weighted by molar-refractivity contribution is 5.96. The first-order chi connectivity index (χ1) is 11.9. The molecule has 0 heterocycles. The zero-order valence-electron chi connectivity index (χ0n) is 13.7. The number of carbonyl (C=O) groups is 3. The highest BCUT2D eigenvalue weighted by Crippen LogP contribution is 2.13. The van der Waals surface area contributed by atoms with Gasteiger partial charge >= 0.3 is 11.9 Å². The van der Waals surface area contributed by atoms with Crippen molar-refractivity contribution in [2.75, 3.05) is 19.0 Å². The Bertz CT molecular complexity index is 802. The molecule has 0 aliphatic carbocycles. The minimum atomic E-state index is -0.721. The van der Waals surface area contributed by atoms with Crippen LogP contribution in [0.2, 0.25) is 0 Å². The van der Waals surface area contributed by atoms with Crippen molar-refractivity contribution in [2.45, 2.75) is 6.92 Å². The number of carbonyl (C=O) groups excluding carboxylic acids is 3. The number of halogens is 1. The average molecular weight is 345 g/mol. The molecule has 0 saturated carbocycles. The van der Waals surface area contributed by atoms with Gasteiger partial charge in [-0.1, -0.05) is 6.07 Å². The van der Waals surface area contributed by atoms with Gasteiger partial charge in [0.2, 0.25) is 0 Å². The third kappa shape index (κ3) is 4.87. The van der Waals surface area contributed by atoms with E-state index >= 15 is 0 Å². The summed E-state index contributed by atoms with van der Waals surface area (Å²) >= 11 is 0. The summed E-state index contributed by atoms with van der Waals surface area (Å²) in [4.78, 5) is 34.9. The molecule has 0 aliphatic heterocycles. The van der Waals surface area contributed by atoms with Crippen molar-refractivity contribution in [3.63, 3.8) is 0 Å². The first-order valence-electron chi connectivity index (χ1n) is 7.32. The van der Waals surface area contributed by atoms with Crippen LogP contribution in [-0.4, -0.2) is 31.6 Å².